The van der Waals surface area contributed by atoms with Crippen molar-refractivity contribution in [3.05, 3.63) is 152 Å². The van der Waals surface area contributed by atoms with Gasteiger partial charge in [-0.1, -0.05) is 121 Å². The Labute approximate surface area is 264 Å². The van der Waals surface area contributed by atoms with Crippen molar-refractivity contribution in [2.75, 3.05) is 0 Å². The van der Waals surface area contributed by atoms with Crippen LogP contribution in [0.3, 0.4) is 0 Å². The van der Waals surface area contributed by atoms with Crippen LogP contribution in [0, 0.1) is 7.43 Å². The Hall–Kier alpha value is -2.97. The van der Waals surface area contributed by atoms with Gasteiger partial charge in [0.15, 0.2) is 11.5 Å². The van der Waals surface area contributed by atoms with Crippen molar-refractivity contribution in [3.8, 4) is 22.6 Å². The van der Waals surface area contributed by atoms with Gasteiger partial charge in [0.05, 0.1) is 13.1 Å². The van der Waals surface area contributed by atoms with Gasteiger partial charge in [0.2, 0.25) is 0 Å². The van der Waals surface area contributed by atoms with Crippen LogP contribution < -0.4 is 9.05 Å². The Morgan fingerprint density at radius 1 is 0.524 bits per heavy atom. The molecule has 0 N–H and O–H groups in total. The van der Waals surface area contributed by atoms with Gasteiger partial charge < -0.3 is 7.43 Å². The summed E-state index contributed by atoms with van der Waals surface area (Å²) in [7, 11) is 7.76. The Balaban J connectivity index is 0.000000847. The number of hydrogen-bond donors (Lipinski definition) is 0. The average Bonchev–Trinajstić information content (AvgIpc) is 3.20. The van der Waals surface area contributed by atoms with E-state index in [1.54, 1.807) is 0 Å². The molecule has 6 aromatic rings. The van der Waals surface area contributed by atoms with Crippen LogP contribution in [0.15, 0.2) is 133 Å². The standard InChI is InChI=1S/C34H26NO2P.CH3.2ClH.Ru/c1-3-11-25(12-4-1)23-35(24-26-13-5-2-6-14-26)38-36-31-21-19-27-15-7-9-17-29(27)33(31)34-30-18-10-8-16-28(30)20-22-32(34)37-38;;;;/h1-22H,23-24H2;1H3;2*1H;/q;-1;;;+2/p-1. The molecule has 0 radical (unpaired) electrons. The first-order valence-electron chi connectivity index (χ1n) is 13.2. The van der Waals surface area contributed by atoms with Crippen molar-refractivity contribution in [2.45, 2.75) is 13.1 Å². The summed E-state index contributed by atoms with van der Waals surface area (Å²) in [5, 5.41) is 4.73. The molecular weight excluding hydrogens is 669 g/mol. The van der Waals surface area contributed by atoms with Gasteiger partial charge in [-0.2, -0.15) is 0 Å². The molecule has 7 rings (SSSR count). The monoisotopic (exact) mass is 699 g/mol. The maximum atomic E-state index is 6.91. The van der Waals surface area contributed by atoms with Gasteiger partial charge in [0.25, 0.3) is 0 Å². The van der Waals surface area contributed by atoms with Gasteiger partial charge in [0.1, 0.15) is 0 Å². The molecule has 0 saturated heterocycles. The number of fused-ring (bicyclic) bond motifs is 7. The molecule has 214 valence electrons. The van der Waals surface area contributed by atoms with Crippen molar-refractivity contribution in [2.24, 2.45) is 0 Å². The molecule has 0 unspecified atom stereocenters. The minimum Gasteiger partial charge on any atom is -0.292 e. The van der Waals surface area contributed by atoms with Crippen LogP contribution in [0.4, 0.5) is 0 Å². The van der Waals surface area contributed by atoms with Crippen LogP contribution in [0.2, 0.25) is 0 Å². The van der Waals surface area contributed by atoms with Gasteiger partial charge in [0, 0.05) is 11.1 Å². The zero-order chi connectivity index (χ0) is 28.0. The first kappa shape index (κ1) is 30.5. The molecule has 7 heteroatoms. The summed E-state index contributed by atoms with van der Waals surface area (Å²) in [5.74, 6) is 1.75. The van der Waals surface area contributed by atoms with Gasteiger partial charge in [-0.15, -0.1) is 4.67 Å². The summed E-state index contributed by atoms with van der Waals surface area (Å²) >= 11 is -0.346. The van der Waals surface area contributed by atoms with Gasteiger partial charge in [-0.05, 0) is 44.8 Å². The molecule has 0 aromatic heterocycles. The fourth-order valence-electron chi connectivity index (χ4n) is 5.32. The molecule has 0 fully saturated rings. The summed E-state index contributed by atoms with van der Waals surface area (Å²) in [6.07, 6.45) is 0. The van der Waals surface area contributed by atoms with E-state index in [0.29, 0.717) is 0 Å². The topological polar surface area (TPSA) is 21.7 Å². The molecule has 1 aliphatic heterocycles. The maximum absolute atomic E-state index is 6.91. The first-order chi connectivity index (χ1) is 20.2. The van der Waals surface area contributed by atoms with E-state index in [0.717, 1.165) is 35.7 Å². The third-order valence-corrected chi connectivity index (χ3v) is 8.74. The Bertz CT molecular complexity index is 1640. The van der Waals surface area contributed by atoms with E-state index in [2.05, 4.69) is 138 Å². The SMILES string of the molecule is [CH3-].[Cl][Ru][Cl].c1ccc(CN(Cc2ccccc2)[PH+]2Oc3ccc4ccccc4c3-c3c(ccc4ccccc34)O2)cc1. The quantitative estimate of drug-likeness (QED) is 0.102. The number of hydrogen-bond acceptors (Lipinski definition) is 3. The summed E-state index contributed by atoms with van der Waals surface area (Å²) < 4.78 is 16.2. The van der Waals surface area contributed by atoms with E-state index in [4.69, 9.17) is 28.4 Å². The Morgan fingerprint density at radius 2 is 0.905 bits per heavy atom. The normalized spacial score (nSPS) is 12.3. The number of benzene rings is 6. The number of nitrogens with zero attached hydrogens (tertiary/aromatic N) is 1. The third-order valence-electron chi connectivity index (χ3n) is 7.12. The molecule has 0 aliphatic carbocycles. The van der Waals surface area contributed by atoms with Crippen molar-refractivity contribution in [1.29, 1.82) is 0 Å². The van der Waals surface area contributed by atoms with Crippen LogP contribution in [-0.2, 0) is 28.2 Å². The molecule has 42 heavy (non-hydrogen) atoms. The van der Waals surface area contributed by atoms with E-state index in [-0.39, 0.29) is 22.6 Å². The summed E-state index contributed by atoms with van der Waals surface area (Å²) in [5.41, 5.74) is 4.67. The minimum absolute atomic E-state index is 0. The predicted octanol–water partition coefficient (Wildman–Crippen LogP) is 10.9. The average molecular weight is 700 g/mol. The third kappa shape index (κ3) is 6.65. The van der Waals surface area contributed by atoms with E-state index in [1.165, 1.54) is 32.7 Å². The van der Waals surface area contributed by atoms with Crippen LogP contribution >= 0.6 is 27.9 Å². The van der Waals surface area contributed by atoms with Gasteiger partial charge >= 0.3 is 43.1 Å². The molecule has 0 atom stereocenters. The van der Waals surface area contributed by atoms with Crippen LogP contribution in [0.25, 0.3) is 32.7 Å². The molecule has 6 aromatic carbocycles. The fourth-order valence-corrected chi connectivity index (χ4v) is 6.96. The van der Waals surface area contributed by atoms with E-state index in [1.807, 2.05) is 0 Å². The summed E-state index contributed by atoms with van der Waals surface area (Å²) in [6.45, 7) is 1.46. The Morgan fingerprint density at radius 3 is 1.33 bits per heavy atom. The molecule has 0 spiro atoms. The molecule has 1 heterocycles. The number of rotatable bonds is 5. The van der Waals surface area contributed by atoms with Crippen LogP contribution in [0.1, 0.15) is 11.1 Å². The zero-order valence-corrected chi connectivity index (χ0v) is 27.2. The molecule has 0 amide bonds. The van der Waals surface area contributed by atoms with Crippen LogP contribution in [-0.4, -0.2) is 4.67 Å². The molecule has 0 bridgehead atoms. The van der Waals surface area contributed by atoms with Crippen molar-refractivity contribution >= 4 is 49.5 Å². The zero-order valence-electron chi connectivity index (χ0n) is 23.0. The summed E-state index contributed by atoms with van der Waals surface area (Å²) in [4.78, 5) is 0. The van der Waals surface area contributed by atoms with Crippen molar-refractivity contribution < 1.29 is 24.2 Å². The smallest absolute Gasteiger partial charge is 0.292 e. The molecule has 1 aliphatic rings. The molecular formula is C35H30Cl2NO2PRu. The second-order valence-corrected chi connectivity index (χ2v) is 13.9. The maximum Gasteiger partial charge on any atom is 0.427 e. The van der Waals surface area contributed by atoms with Crippen LogP contribution in [0.5, 0.6) is 11.5 Å². The second kappa shape index (κ2) is 14.5. The second-order valence-electron chi connectivity index (χ2n) is 9.67. The van der Waals surface area contributed by atoms with Crippen molar-refractivity contribution in [1.82, 2.24) is 4.67 Å². The molecule has 0 saturated carbocycles. The van der Waals surface area contributed by atoms with E-state index >= 15 is 0 Å². The van der Waals surface area contributed by atoms with Gasteiger partial charge in [-0.25, -0.2) is 0 Å². The number of halogens is 2. The van der Waals surface area contributed by atoms with Crippen molar-refractivity contribution in [3.63, 3.8) is 0 Å². The van der Waals surface area contributed by atoms with E-state index in [9.17, 15) is 0 Å². The predicted molar refractivity (Wildman–Crippen MR) is 177 cm³/mol. The van der Waals surface area contributed by atoms with E-state index < -0.39 is 8.53 Å². The summed E-state index contributed by atoms with van der Waals surface area (Å²) in [6, 6.07) is 46.7. The fraction of sp³-hybridized carbons (Fsp3) is 0.0571. The Kier molecular flexibility index (Phi) is 10.5. The minimum atomic E-state index is -1.94. The molecule has 3 nitrogen and oxygen atoms in total. The largest absolute Gasteiger partial charge is 0.427 e. The van der Waals surface area contributed by atoms with Gasteiger partial charge in [-0.3, -0.25) is 9.05 Å². The first-order valence-corrected chi connectivity index (χ1v) is 18.9.